The molecule has 3 rings (SSSR count). The minimum absolute atomic E-state index is 0.000700. The summed E-state index contributed by atoms with van der Waals surface area (Å²) in [5.41, 5.74) is -0.578. The first-order valence-electron chi connectivity index (χ1n) is 8.81. The van der Waals surface area contributed by atoms with Crippen molar-refractivity contribution in [2.24, 2.45) is 0 Å². The molecule has 5 nitrogen and oxygen atoms in total. The van der Waals surface area contributed by atoms with Gasteiger partial charge < -0.3 is 10.1 Å². The van der Waals surface area contributed by atoms with Crippen LogP contribution in [0.15, 0.2) is 17.5 Å². The van der Waals surface area contributed by atoms with E-state index in [2.05, 4.69) is 5.32 Å². The lowest BCUT2D eigenvalue weighted by Crippen LogP contribution is -2.57. The second-order valence-corrected chi connectivity index (χ2v) is 8.05. The third-order valence-electron chi connectivity index (χ3n) is 4.80. The van der Waals surface area contributed by atoms with Gasteiger partial charge in [0.25, 0.3) is 0 Å². The first-order valence-corrected chi connectivity index (χ1v) is 9.69. The highest BCUT2D eigenvalue weighted by molar-refractivity contribution is 7.10. The zero-order valence-electron chi connectivity index (χ0n) is 14.4. The summed E-state index contributed by atoms with van der Waals surface area (Å²) in [5.74, 6) is -0.104. The molecule has 1 aromatic rings. The number of carbonyl (C=O) groups is 2. The molecular formula is C18H26N2O3S. The second-order valence-electron chi connectivity index (χ2n) is 7.02. The minimum atomic E-state index is -0.578. The molecule has 1 saturated heterocycles. The summed E-state index contributed by atoms with van der Waals surface area (Å²) in [6, 6.07) is 3.45. The SMILES string of the molecule is CC(C)NC(=O)[C@@H]1COC2(CCCCC2)N1C(=O)Cc1cccs1. The third kappa shape index (κ3) is 3.49. The maximum Gasteiger partial charge on any atom is 0.245 e. The van der Waals surface area contributed by atoms with E-state index in [1.54, 1.807) is 16.2 Å². The number of thiophene rings is 1. The van der Waals surface area contributed by atoms with Crippen LogP contribution in [0.1, 0.15) is 50.8 Å². The highest BCUT2D eigenvalue weighted by Crippen LogP contribution is 2.41. The van der Waals surface area contributed by atoms with Gasteiger partial charge in [-0.3, -0.25) is 14.5 Å². The van der Waals surface area contributed by atoms with Gasteiger partial charge in [-0.15, -0.1) is 11.3 Å². The van der Waals surface area contributed by atoms with Crippen LogP contribution in [0.25, 0.3) is 0 Å². The fourth-order valence-electron chi connectivity index (χ4n) is 3.77. The minimum Gasteiger partial charge on any atom is -0.353 e. The molecule has 0 radical (unpaired) electrons. The molecule has 1 aromatic heterocycles. The van der Waals surface area contributed by atoms with Gasteiger partial charge in [0.15, 0.2) is 0 Å². The number of rotatable bonds is 4. The topological polar surface area (TPSA) is 58.6 Å². The number of ether oxygens (including phenoxy) is 1. The van der Waals surface area contributed by atoms with Gasteiger partial charge in [-0.2, -0.15) is 0 Å². The Labute approximate surface area is 147 Å². The van der Waals surface area contributed by atoms with Crippen LogP contribution < -0.4 is 5.32 Å². The predicted molar refractivity (Wildman–Crippen MR) is 93.7 cm³/mol. The van der Waals surface area contributed by atoms with Crippen molar-refractivity contribution in [1.82, 2.24) is 10.2 Å². The van der Waals surface area contributed by atoms with Gasteiger partial charge in [-0.25, -0.2) is 0 Å². The number of nitrogens with one attached hydrogen (secondary N) is 1. The van der Waals surface area contributed by atoms with E-state index in [-0.39, 0.29) is 17.9 Å². The van der Waals surface area contributed by atoms with E-state index in [4.69, 9.17) is 4.74 Å². The molecule has 1 N–H and O–H groups in total. The van der Waals surface area contributed by atoms with Gasteiger partial charge in [0.1, 0.15) is 11.8 Å². The van der Waals surface area contributed by atoms with Gasteiger partial charge in [0.2, 0.25) is 11.8 Å². The van der Waals surface area contributed by atoms with Crippen molar-refractivity contribution < 1.29 is 14.3 Å². The highest BCUT2D eigenvalue weighted by atomic mass is 32.1. The highest BCUT2D eigenvalue weighted by Gasteiger charge is 2.52. The summed E-state index contributed by atoms with van der Waals surface area (Å²) in [6.45, 7) is 4.17. The lowest BCUT2D eigenvalue weighted by molar-refractivity contribution is -0.159. The zero-order valence-corrected chi connectivity index (χ0v) is 15.2. The smallest absolute Gasteiger partial charge is 0.245 e. The van der Waals surface area contributed by atoms with Crippen LogP contribution in [0.4, 0.5) is 0 Å². The second kappa shape index (κ2) is 7.23. The molecule has 6 heteroatoms. The van der Waals surface area contributed by atoms with Crippen LogP contribution in [0, 0.1) is 0 Å². The molecule has 24 heavy (non-hydrogen) atoms. The molecule has 1 spiro atoms. The third-order valence-corrected chi connectivity index (χ3v) is 5.68. The van der Waals surface area contributed by atoms with Gasteiger partial charge in [0, 0.05) is 10.9 Å². The summed E-state index contributed by atoms with van der Waals surface area (Å²) in [6.07, 6.45) is 5.25. The number of carbonyl (C=O) groups excluding carboxylic acids is 2. The molecule has 132 valence electrons. The average Bonchev–Trinajstić information content (AvgIpc) is 3.15. The fraction of sp³-hybridized carbons (Fsp3) is 0.667. The van der Waals surface area contributed by atoms with Crippen LogP contribution in [-0.2, 0) is 20.7 Å². The van der Waals surface area contributed by atoms with Crippen LogP contribution in [0.5, 0.6) is 0 Å². The van der Waals surface area contributed by atoms with E-state index in [9.17, 15) is 9.59 Å². The van der Waals surface area contributed by atoms with Crippen molar-refractivity contribution in [3.05, 3.63) is 22.4 Å². The maximum absolute atomic E-state index is 13.1. The number of nitrogens with zero attached hydrogens (tertiary/aromatic N) is 1. The molecule has 2 heterocycles. The van der Waals surface area contributed by atoms with Crippen molar-refractivity contribution in [2.75, 3.05) is 6.61 Å². The Morgan fingerprint density at radius 2 is 2.12 bits per heavy atom. The van der Waals surface area contributed by atoms with E-state index < -0.39 is 11.8 Å². The van der Waals surface area contributed by atoms with Crippen LogP contribution in [-0.4, -0.2) is 41.1 Å². The van der Waals surface area contributed by atoms with Gasteiger partial charge >= 0.3 is 0 Å². The van der Waals surface area contributed by atoms with Crippen LogP contribution in [0.3, 0.4) is 0 Å². The van der Waals surface area contributed by atoms with Crippen molar-refractivity contribution in [1.29, 1.82) is 0 Å². The molecule has 2 amide bonds. The molecule has 1 saturated carbocycles. The van der Waals surface area contributed by atoms with Gasteiger partial charge in [0.05, 0.1) is 13.0 Å². The fourth-order valence-corrected chi connectivity index (χ4v) is 4.47. The van der Waals surface area contributed by atoms with Crippen LogP contribution in [0.2, 0.25) is 0 Å². The van der Waals surface area contributed by atoms with E-state index in [1.165, 1.54) is 6.42 Å². The molecule has 1 atom stereocenters. The van der Waals surface area contributed by atoms with E-state index in [0.717, 1.165) is 30.6 Å². The number of hydrogen-bond donors (Lipinski definition) is 1. The van der Waals surface area contributed by atoms with Gasteiger partial charge in [-0.05, 0) is 51.0 Å². The number of amides is 2. The quantitative estimate of drug-likeness (QED) is 0.908. The Balaban J connectivity index is 1.83. The Morgan fingerprint density at radius 3 is 2.75 bits per heavy atom. The molecule has 0 bridgehead atoms. The maximum atomic E-state index is 13.1. The molecule has 0 unspecified atom stereocenters. The lowest BCUT2D eigenvalue weighted by Gasteiger charge is -2.41. The molecule has 1 aliphatic carbocycles. The van der Waals surface area contributed by atoms with Crippen LogP contribution >= 0.6 is 11.3 Å². The Morgan fingerprint density at radius 1 is 1.38 bits per heavy atom. The molecule has 0 aromatic carbocycles. The van der Waals surface area contributed by atoms with Crippen molar-refractivity contribution in [2.45, 2.75) is 70.2 Å². The lowest BCUT2D eigenvalue weighted by atomic mass is 9.90. The number of hydrogen-bond acceptors (Lipinski definition) is 4. The van der Waals surface area contributed by atoms with Crippen molar-refractivity contribution >= 4 is 23.2 Å². The summed E-state index contributed by atoms with van der Waals surface area (Å²) in [7, 11) is 0. The predicted octanol–water partition coefficient (Wildman–Crippen LogP) is 2.70. The van der Waals surface area contributed by atoms with Crippen molar-refractivity contribution in [3.63, 3.8) is 0 Å². The Bertz CT molecular complexity index is 579. The molecular weight excluding hydrogens is 324 g/mol. The van der Waals surface area contributed by atoms with Gasteiger partial charge in [-0.1, -0.05) is 12.5 Å². The summed E-state index contributed by atoms with van der Waals surface area (Å²) in [5, 5.41) is 4.91. The molecule has 2 fully saturated rings. The largest absolute Gasteiger partial charge is 0.353 e. The molecule has 1 aliphatic heterocycles. The standard InChI is InChI=1S/C18H26N2O3S/c1-13(2)19-17(22)15-12-23-18(8-4-3-5-9-18)20(15)16(21)11-14-7-6-10-24-14/h6-7,10,13,15H,3-5,8-9,11-12H2,1-2H3,(H,19,22)/t15-/m0/s1. The summed E-state index contributed by atoms with van der Waals surface area (Å²) in [4.78, 5) is 28.5. The van der Waals surface area contributed by atoms with E-state index in [0.29, 0.717) is 13.0 Å². The summed E-state index contributed by atoms with van der Waals surface area (Å²) >= 11 is 1.58. The monoisotopic (exact) mass is 350 g/mol. The summed E-state index contributed by atoms with van der Waals surface area (Å²) < 4.78 is 6.10. The molecule has 2 aliphatic rings. The Hall–Kier alpha value is -1.40. The average molecular weight is 350 g/mol. The van der Waals surface area contributed by atoms with E-state index in [1.807, 2.05) is 31.4 Å². The Kier molecular flexibility index (Phi) is 5.25. The van der Waals surface area contributed by atoms with Crippen molar-refractivity contribution in [3.8, 4) is 0 Å². The normalized spacial score (nSPS) is 23.0. The van der Waals surface area contributed by atoms with E-state index >= 15 is 0 Å². The first-order chi connectivity index (χ1) is 11.5. The zero-order chi connectivity index (χ0) is 17.2. The first kappa shape index (κ1) is 17.4.